The van der Waals surface area contributed by atoms with Gasteiger partial charge in [0.15, 0.2) is 0 Å². The molecule has 25 heavy (non-hydrogen) atoms. The van der Waals surface area contributed by atoms with Crippen LogP contribution in [0.2, 0.25) is 0 Å². The number of benzene rings is 2. The summed E-state index contributed by atoms with van der Waals surface area (Å²) in [4.78, 5) is 7.23. The average molecular weight is 366 g/mol. The summed E-state index contributed by atoms with van der Waals surface area (Å²) in [6.45, 7) is 3.74. The van der Waals surface area contributed by atoms with Gasteiger partial charge in [0.25, 0.3) is 0 Å². The molecule has 6 heteroatoms. The highest BCUT2D eigenvalue weighted by molar-refractivity contribution is 7.99. The molecule has 0 heterocycles. The summed E-state index contributed by atoms with van der Waals surface area (Å²) < 4.78 is 37.6. The van der Waals surface area contributed by atoms with Gasteiger partial charge in [0.1, 0.15) is 5.84 Å². The van der Waals surface area contributed by atoms with Gasteiger partial charge in [-0.25, -0.2) is 4.99 Å². The van der Waals surface area contributed by atoms with E-state index in [0.29, 0.717) is 10.6 Å². The molecule has 134 valence electrons. The first-order valence-corrected chi connectivity index (χ1v) is 8.78. The van der Waals surface area contributed by atoms with Crippen molar-refractivity contribution in [1.29, 1.82) is 0 Å². The number of nitrogens with zero attached hydrogens (tertiary/aromatic N) is 2. The highest BCUT2D eigenvalue weighted by Gasteiger charge is 2.27. The third-order valence-corrected chi connectivity index (χ3v) is 4.79. The summed E-state index contributed by atoms with van der Waals surface area (Å²) in [5.74, 6) is -0.140. The molecule has 0 spiro atoms. The maximum atomic E-state index is 12.5. The molecule has 0 saturated carbocycles. The monoisotopic (exact) mass is 366 g/mol. The largest absolute Gasteiger partial charge is 0.398 e. The lowest BCUT2D eigenvalue weighted by Crippen LogP contribution is -2.22. The van der Waals surface area contributed by atoms with Crippen molar-refractivity contribution in [2.24, 2.45) is 4.99 Å². The van der Waals surface area contributed by atoms with E-state index in [1.807, 2.05) is 69.2 Å². The van der Waals surface area contributed by atoms with Gasteiger partial charge in [-0.3, -0.25) is 0 Å². The Morgan fingerprint density at radius 1 is 1.04 bits per heavy atom. The van der Waals surface area contributed by atoms with E-state index in [-0.39, 0.29) is 0 Å². The Kier molecular flexibility index (Phi) is 6.16. The number of amidine groups is 1. The Bertz CT molecular complexity index is 753. The van der Waals surface area contributed by atoms with Gasteiger partial charge in [0.05, 0.1) is 11.4 Å². The minimum atomic E-state index is -4.19. The topological polar surface area (TPSA) is 15.6 Å². The van der Waals surface area contributed by atoms with Crippen LogP contribution in [0, 0.1) is 13.8 Å². The number of thioether (sulfide) groups is 1. The Balaban J connectivity index is 2.43. The zero-order valence-electron chi connectivity index (χ0n) is 14.7. The molecule has 2 rings (SSSR count). The molecule has 2 nitrogen and oxygen atoms in total. The first-order valence-electron chi connectivity index (χ1n) is 7.79. The van der Waals surface area contributed by atoms with Crippen molar-refractivity contribution in [1.82, 2.24) is 4.90 Å². The SMILES string of the molecule is Cc1cc(C)c(SCC(F)(F)F)cc1N=C(c1ccccc1)N(C)C. The van der Waals surface area contributed by atoms with Crippen LogP contribution in [0.25, 0.3) is 0 Å². The van der Waals surface area contributed by atoms with Crippen LogP contribution in [0.5, 0.6) is 0 Å². The van der Waals surface area contributed by atoms with Crippen molar-refractivity contribution < 1.29 is 13.2 Å². The third-order valence-electron chi connectivity index (χ3n) is 3.57. The minimum Gasteiger partial charge on any atom is -0.362 e. The van der Waals surface area contributed by atoms with Crippen LogP contribution < -0.4 is 0 Å². The summed E-state index contributed by atoms with van der Waals surface area (Å²) in [5.41, 5.74) is 3.40. The van der Waals surface area contributed by atoms with Crippen LogP contribution in [0.3, 0.4) is 0 Å². The number of rotatable bonds is 4. The molecule has 0 aliphatic heterocycles. The van der Waals surface area contributed by atoms with E-state index in [0.717, 1.165) is 34.3 Å². The van der Waals surface area contributed by atoms with E-state index < -0.39 is 11.9 Å². The number of alkyl halides is 3. The van der Waals surface area contributed by atoms with E-state index in [1.165, 1.54) is 0 Å². The highest BCUT2D eigenvalue weighted by Crippen LogP contribution is 2.34. The van der Waals surface area contributed by atoms with Gasteiger partial charge in [0.2, 0.25) is 0 Å². The molecule has 0 radical (unpaired) electrons. The van der Waals surface area contributed by atoms with Crippen LogP contribution in [0.15, 0.2) is 52.4 Å². The summed E-state index contributed by atoms with van der Waals surface area (Å²) in [6, 6.07) is 13.3. The van der Waals surface area contributed by atoms with Gasteiger partial charge in [-0.2, -0.15) is 13.2 Å². The van der Waals surface area contributed by atoms with Crippen molar-refractivity contribution in [3.8, 4) is 0 Å². The van der Waals surface area contributed by atoms with Crippen LogP contribution in [-0.2, 0) is 0 Å². The second-order valence-electron chi connectivity index (χ2n) is 6.00. The summed E-state index contributed by atoms with van der Waals surface area (Å²) in [6.07, 6.45) is -4.19. The van der Waals surface area contributed by atoms with E-state index in [1.54, 1.807) is 6.07 Å². The molecular weight excluding hydrogens is 345 g/mol. The fourth-order valence-electron chi connectivity index (χ4n) is 2.38. The molecule has 0 N–H and O–H groups in total. The van der Waals surface area contributed by atoms with Gasteiger partial charge in [-0.1, -0.05) is 36.4 Å². The molecule has 0 aromatic heterocycles. The molecule has 2 aromatic carbocycles. The molecule has 2 aromatic rings. The maximum absolute atomic E-state index is 12.5. The number of aryl methyl sites for hydroxylation is 2. The standard InChI is InChI=1S/C19H21F3N2S/c1-13-10-14(2)17(25-12-19(20,21)22)11-16(13)23-18(24(3)4)15-8-6-5-7-9-15/h5-11H,12H2,1-4H3. The Hall–Kier alpha value is -1.95. The summed E-state index contributed by atoms with van der Waals surface area (Å²) in [5, 5.41) is 0. The predicted molar refractivity (Wildman–Crippen MR) is 99.0 cm³/mol. The molecule has 0 aliphatic carbocycles. The Morgan fingerprint density at radius 2 is 1.68 bits per heavy atom. The molecule has 0 saturated heterocycles. The van der Waals surface area contributed by atoms with Gasteiger partial charge < -0.3 is 4.90 Å². The second kappa shape index (κ2) is 7.95. The zero-order valence-corrected chi connectivity index (χ0v) is 15.5. The second-order valence-corrected chi connectivity index (χ2v) is 7.02. The zero-order chi connectivity index (χ0) is 18.6. The number of halogens is 3. The lowest BCUT2D eigenvalue weighted by atomic mass is 10.1. The minimum absolute atomic E-state index is 0.604. The Morgan fingerprint density at radius 3 is 2.24 bits per heavy atom. The van der Waals surface area contributed by atoms with Crippen LogP contribution in [0.1, 0.15) is 16.7 Å². The molecule has 0 fully saturated rings. The quantitative estimate of drug-likeness (QED) is 0.398. The summed E-state index contributed by atoms with van der Waals surface area (Å²) in [7, 11) is 3.79. The van der Waals surface area contributed by atoms with Gasteiger partial charge in [0, 0.05) is 24.6 Å². The lowest BCUT2D eigenvalue weighted by Gasteiger charge is -2.17. The fourth-order valence-corrected chi connectivity index (χ4v) is 3.18. The van der Waals surface area contributed by atoms with E-state index >= 15 is 0 Å². The lowest BCUT2D eigenvalue weighted by molar-refractivity contribution is -0.105. The summed E-state index contributed by atoms with van der Waals surface area (Å²) >= 11 is 0.800. The van der Waals surface area contributed by atoms with E-state index in [9.17, 15) is 13.2 Å². The highest BCUT2D eigenvalue weighted by atomic mass is 32.2. The van der Waals surface area contributed by atoms with Crippen molar-refractivity contribution in [3.05, 3.63) is 59.2 Å². The van der Waals surface area contributed by atoms with Crippen molar-refractivity contribution >= 4 is 23.3 Å². The fraction of sp³-hybridized carbons (Fsp3) is 0.316. The van der Waals surface area contributed by atoms with E-state index in [4.69, 9.17) is 4.99 Å². The smallest absolute Gasteiger partial charge is 0.362 e. The first kappa shape index (κ1) is 19.4. The van der Waals surface area contributed by atoms with Gasteiger partial charge in [-0.05, 0) is 31.0 Å². The number of aliphatic imine (C=N–C) groups is 1. The maximum Gasteiger partial charge on any atom is 0.398 e. The van der Waals surface area contributed by atoms with Crippen molar-refractivity contribution in [2.45, 2.75) is 24.9 Å². The van der Waals surface area contributed by atoms with Crippen LogP contribution in [-0.4, -0.2) is 36.8 Å². The third kappa shape index (κ3) is 5.53. The normalized spacial score (nSPS) is 12.4. The average Bonchev–Trinajstić information content (AvgIpc) is 2.52. The number of hydrogen-bond acceptors (Lipinski definition) is 2. The molecular formula is C19H21F3N2S. The molecule has 0 aliphatic rings. The molecule has 0 amide bonds. The van der Waals surface area contributed by atoms with Gasteiger partial charge in [-0.15, -0.1) is 11.8 Å². The molecule has 0 atom stereocenters. The van der Waals surface area contributed by atoms with Crippen LogP contribution in [0.4, 0.5) is 18.9 Å². The molecule has 0 unspecified atom stereocenters. The van der Waals surface area contributed by atoms with Crippen LogP contribution >= 0.6 is 11.8 Å². The molecule has 0 bridgehead atoms. The number of hydrogen-bond donors (Lipinski definition) is 0. The van der Waals surface area contributed by atoms with E-state index in [2.05, 4.69) is 0 Å². The predicted octanol–water partition coefficient (Wildman–Crippen LogP) is 5.60. The van der Waals surface area contributed by atoms with Gasteiger partial charge >= 0.3 is 6.18 Å². The first-order chi connectivity index (χ1) is 11.7. The van der Waals surface area contributed by atoms with Crippen molar-refractivity contribution in [3.63, 3.8) is 0 Å². The Labute approximate surface area is 150 Å². The van der Waals surface area contributed by atoms with Crippen molar-refractivity contribution in [2.75, 3.05) is 19.8 Å².